The summed E-state index contributed by atoms with van der Waals surface area (Å²) in [5.74, 6) is 0. The van der Waals surface area contributed by atoms with Crippen molar-refractivity contribution in [2.24, 2.45) is 0 Å². The number of halogens is 1. The fraction of sp³-hybridized carbons (Fsp3) is 0.333. The normalized spacial score (nSPS) is 11.2. The zero-order chi connectivity index (χ0) is 10.6. The van der Waals surface area contributed by atoms with Crippen LogP contribution in [0.3, 0.4) is 0 Å². The van der Waals surface area contributed by atoms with Gasteiger partial charge in [-0.2, -0.15) is 0 Å². The molecule has 0 aliphatic heterocycles. The fourth-order valence-corrected chi connectivity index (χ4v) is 1.39. The van der Waals surface area contributed by atoms with Crippen molar-refractivity contribution >= 4 is 18.1 Å². The smallest absolute Gasteiger partial charge is 0.0600 e. The van der Waals surface area contributed by atoms with E-state index in [1.165, 1.54) is 11.1 Å². The van der Waals surface area contributed by atoms with Crippen LogP contribution in [0, 0.1) is 6.92 Å². The van der Waals surface area contributed by atoms with E-state index in [-0.39, 0.29) is 12.4 Å². The first-order chi connectivity index (χ1) is 6.69. The Morgan fingerprint density at radius 2 is 1.53 bits per heavy atom. The summed E-state index contributed by atoms with van der Waals surface area (Å²) in [6.45, 7) is 4.16. The highest BCUT2D eigenvalue weighted by Crippen LogP contribution is 2.14. The molecule has 1 rings (SSSR count). The molecule has 0 spiro atoms. The molecule has 2 nitrogen and oxygen atoms in total. The van der Waals surface area contributed by atoms with Crippen LogP contribution in [0.15, 0.2) is 30.0 Å². The second-order valence-corrected chi connectivity index (χ2v) is 3.37. The van der Waals surface area contributed by atoms with E-state index < -0.39 is 0 Å². The second kappa shape index (κ2) is 6.36. The molecule has 0 unspecified atom stereocenters. The average Bonchev–Trinajstić information content (AvgIpc) is 2.21. The van der Waals surface area contributed by atoms with Gasteiger partial charge in [-0.3, -0.25) is 0 Å². The number of hydrogen-bond acceptors (Lipinski definition) is 2. The lowest BCUT2D eigenvalue weighted by Crippen LogP contribution is -2.14. The summed E-state index contributed by atoms with van der Waals surface area (Å²) in [7, 11) is 3.87. The van der Waals surface area contributed by atoms with Gasteiger partial charge >= 0.3 is 0 Å². The van der Waals surface area contributed by atoms with E-state index >= 15 is 0 Å². The topological polar surface area (TPSA) is 24.1 Å². The van der Waals surface area contributed by atoms with E-state index in [2.05, 4.69) is 48.7 Å². The molecule has 0 bridgehead atoms. The molecule has 2 N–H and O–H groups in total. The van der Waals surface area contributed by atoms with Crippen LogP contribution in [0.1, 0.15) is 18.1 Å². The van der Waals surface area contributed by atoms with Crippen LogP contribution in [-0.2, 0) is 0 Å². The van der Waals surface area contributed by atoms with Gasteiger partial charge in [0.2, 0.25) is 0 Å². The predicted molar refractivity (Wildman–Crippen MR) is 69.1 cm³/mol. The van der Waals surface area contributed by atoms with Crippen molar-refractivity contribution in [3.05, 3.63) is 41.1 Å². The molecule has 0 aliphatic carbocycles. The van der Waals surface area contributed by atoms with Crippen molar-refractivity contribution in [2.75, 3.05) is 14.1 Å². The Balaban J connectivity index is 0.00000196. The second-order valence-electron chi connectivity index (χ2n) is 3.37. The van der Waals surface area contributed by atoms with E-state index in [1.54, 1.807) is 0 Å². The van der Waals surface area contributed by atoms with Crippen LogP contribution in [0.5, 0.6) is 0 Å². The van der Waals surface area contributed by atoms with Crippen LogP contribution in [0.2, 0.25) is 0 Å². The molecule has 0 saturated carbocycles. The molecule has 0 amide bonds. The quantitative estimate of drug-likeness (QED) is 0.828. The van der Waals surface area contributed by atoms with E-state index in [0.717, 1.165) is 11.4 Å². The maximum absolute atomic E-state index is 3.21. The lowest BCUT2D eigenvalue weighted by Gasteiger charge is -2.12. The number of allylic oxidation sites excluding steroid dienone is 1. The lowest BCUT2D eigenvalue weighted by molar-refractivity contribution is 0.959. The molecule has 1 aromatic rings. The third kappa shape index (κ3) is 3.48. The largest absolute Gasteiger partial charge is 0.390 e. The number of benzene rings is 1. The summed E-state index contributed by atoms with van der Waals surface area (Å²) >= 11 is 0. The molecule has 15 heavy (non-hydrogen) atoms. The van der Waals surface area contributed by atoms with Gasteiger partial charge in [0.25, 0.3) is 0 Å². The minimum atomic E-state index is 0. The molecule has 1 aromatic carbocycles. The van der Waals surface area contributed by atoms with Gasteiger partial charge in [-0.1, -0.05) is 29.8 Å². The highest BCUT2D eigenvalue weighted by molar-refractivity contribution is 5.85. The van der Waals surface area contributed by atoms with Crippen molar-refractivity contribution in [1.29, 1.82) is 0 Å². The summed E-state index contributed by atoms with van der Waals surface area (Å²) in [5.41, 5.74) is 4.79. The highest BCUT2D eigenvalue weighted by atomic mass is 35.5. The molecule has 3 heteroatoms. The van der Waals surface area contributed by atoms with Crippen LogP contribution < -0.4 is 10.6 Å². The molecule has 0 fully saturated rings. The Hall–Kier alpha value is -1.15. The molecule has 84 valence electrons. The third-order valence-electron chi connectivity index (χ3n) is 2.34. The number of rotatable bonds is 3. The van der Waals surface area contributed by atoms with Crippen LogP contribution in [0.25, 0.3) is 5.70 Å². The molecule has 0 heterocycles. The highest BCUT2D eigenvalue weighted by Gasteiger charge is 2.01. The Labute approximate surface area is 98.2 Å². The fourth-order valence-electron chi connectivity index (χ4n) is 1.39. The Morgan fingerprint density at radius 1 is 1.00 bits per heavy atom. The van der Waals surface area contributed by atoms with Crippen molar-refractivity contribution in [1.82, 2.24) is 10.6 Å². The monoisotopic (exact) mass is 226 g/mol. The van der Waals surface area contributed by atoms with Crippen molar-refractivity contribution in [3.8, 4) is 0 Å². The molecule has 0 atom stereocenters. The first-order valence-corrected chi connectivity index (χ1v) is 4.82. The Morgan fingerprint density at radius 3 is 1.93 bits per heavy atom. The third-order valence-corrected chi connectivity index (χ3v) is 2.34. The molecule has 0 aliphatic rings. The Bertz CT molecular complexity index is 328. The van der Waals surface area contributed by atoms with Crippen molar-refractivity contribution < 1.29 is 0 Å². The number of nitrogens with one attached hydrogen (secondary N) is 2. The van der Waals surface area contributed by atoms with E-state index in [9.17, 15) is 0 Å². The maximum atomic E-state index is 3.21. The summed E-state index contributed by atoms with van der Waals surface area (Å²) < 4.78 is 0. The van der Waals surface area contributed by atoms with Gasteiger partial charge in [-0.05, 0) is 19.4 Å². The zero-order valence-electron chi connectivity index (χ0n) is 9.72. The van der Waals surface area contributed by atoms with E-state index in [0.29, 0.717) is 0 Å². The predicted octanol–water partition coefficient (Wildman–Crippen LogP) is 2.54. The Kier molecular flexibility index (Phi) is 5.87. The summed E-state index contributed by atoms with van der Waals surface area (Å²) in [4.78, 5) is 0. The van der Waals surface area contributed by atoms with Crippen LogP contribution in [-0.4, -0.2) is 14.1 Å². The molecular weight excluding hydrogens is 208 g/mol. The van der Waals surface area contributed by atoms with Crippen molar-refractivity contribution in [3.63, 3.8) is 0 Å². The minimum Gasteiger partial charge on any atom is -0.390 e. The first-order valence-electron chi connectivity index (χ1n) is 4.82. The molecular formula is C12H19ClN2. The van der Waals surface area contributed by atoms with E-state index in [1.807, 2.05) is 14.1 Å². The molecule has 0 radical (unpaired) electrons. The van der Waals surface area contributed by atoms with Crippen LogP contribution >= 0.6 is 12.4 Å². The standard InChI is InChI=1S/C12H18N2.ClH/c1-9-5-7-11(8-6-9)12(14-4)10(2)13-3;/h5-8,13-14H,1-4H3;1H/b12-10+;. The summed E-state index contributed by atoms with van der Waals surface area (Å²) in [5, 5.41) is 6.35. The number of hydrogen-bond donors (Lipinski definition) is 2. The van der Waals surface area contributed by atoms with Gasteiger partial charge in [0, 0.05) is 19.8 Å². The lowest BCUT2D eigenvalue weighted by atomic mass is 10.1. The minimum absolute atomic E-state index is 0. The molecule has 0 saturated heterocycles. The van der Waals surface area contributed by atoms with Crippen LogP contribution in [0.4, 0.5) is 0 Å². The van der Waals surface area contributed by atoms with Crippen molar-refractivity contribution in [2.45, 2.75) is 13.8 Å². The molecule has 0 aromatic heterocycles. The first kappa shape index (κ1) is 13.8. The van der Waals surface area contributed by atoms with Gasteiger partial charge < -0.3 is 10.6 Å². The summed E-state index contributed by atoms with van der Waals surface area (Å²) in [6.07, 6.45) is 0. The van der Waals surface area contributed by atoms with Gasteiger partial charge in [-0.15, -0.1) is 12.4 Å². The van der Waals surface area contributed by atoms with Gasteiger partial charge in [0.15, 0.2) is 0 Å². The van der Waals surface area contributed by atoms with E-state index in [4.69, 9.17) is 0 Å². The number of aryl methyl sites for hydroxylation is 1. The van der Waals surface area contributed by atoms with Gasteiger partial charge in [0.1, 0.15) is 0 Å². The summed E-state index contributed by atoms with van der Waals surface area (Å²) in [6, 6.07) is 8.50. The average molecular weight is 227 g/mol. The zero-order valence-corrected chi connectivity index (χ0v) is 10.5. The SMILES string of the molecule is CN/C(C)=C(/NC)c1ccc(C)cc1.Cl. The van der Waals surface area contributed by atoms with Gasteiger partial charge in [-0.25, -0.2) is 0 Å². The maximum Gasteiger partial charge on any atom is 0.0600 e. The van der Waals surface area contributed by atoms with Gasteiger partial charge in [0.05, 0.1) is 5.70 Å².